The van der Waals surface area contributed by atoms with Crippen LogP contribution in [0.1, 0.15) is 37.3 Å². The molecule has 1 saturated heterocycles. The average molecular weight is 527 g/mol. The number of nitrogens with one attached hydrogen (secondary N) is 1. The standard InChI is InChI=1S/C23H37N5O.HI/c1-4-24-23(26(3)18-20-10-8-19(2)9-11-20)25-12-13-27-14-16-28(17-15-27)22(29)21-6-5-7-21;/h8-11,21H,4-7,12-18H2,1-3H3,(H,24,25);1H. The van der Waals surface area contributed by atoms with Gasteiger partial charge in [-0.1, -0.05) is 36.2 Å². The van der Waals surface area contributed by atoms with Gasteiger partial charge >= 0.3 is 0 Å². The SMILES string of the molecule is CCNC(=NCCN1CCN(C(=O)C2CCC2)CC1)N(C)Cc1ccc(C)cc1.I. The quantitative estimate of drug-likeness (QED) is 0.337. The van der Waals surface area contributed by atoms with Gasteiger partial charge in [-0.05, 0) is 32.3 Å². The molecule has 1 amide bonds. The molecule has 1 aliphatic carbocycles. The van der Waals surface area contributed by atoms with Crippen LogP contribution in [-0.2, 0) is 11.3 Å². The van der Waals surface area contributed by atoms with E-state index in [2.05, 4.69) is 65.2 Å². The number of hydrogen-bond acceptors (Lipinski definition) is 3. The summed E-state index contributed by atoms with van der Waals surface area (Å²) in [5.74, 6) is 1.66. The maximum Gasteiger partial charge on any atom is 0.225 e. The van der Waals surface area contributed by atoms with Crippen LogP contribution in [0.15, 0.2) is 29.3 Å². The van der Waals surface area contributed by atoms with Crippen LogP contribution in [0.25, 0.3) is 0 Å². The third kappa shape index (κ3) is 7.11. The minimum absolute atomic E-state index is 0. The fourth-order valence-corrected chi connectivity index (χ4v) is 3.91. The largest absolute Gasteiger partial charge is 0.357 e. The van der Waals surface area contributed by atoms with Gasteiger partial charge in [0.25, 0.3) is 0 Å². The lowest BCUT2D eigenvalue weighted by atomic mass is 9.84. The second-order valence-electron chi connectivity index (χ2n) is 8.37. The van der Waals surface area contributed by atoms with E-state index in [9.17, 15) is 4.79 Å². The Kier molecular flexibility index (Phi) is 10.4. The number of piperazine rings is 1. The Morgan fingerprint density at radius 2 is 1.83 bits per heavy atom. The summed E-state index contributed by atoms with van der Waals surface area (Å²) in [4.78, 5) is 23.9. The van der Waals surface area contributed by atoms with Crippen LogP contribution in [0, 0.1) is 12.8 Å². The summed E-state index contributed by atoms with van der Waals surface area (Å²) in [5, 5.41) is 3.40. The third-order valence-corrected chi connectivity index (χ3v) is 6.05. The molecular weight excluding hydrogens is 489 g/mol. The second-order valence-corrected chi connectivity index (χ2v) is 8.37. The fraction of sp³-hybridized carbons (Fsp3) is 0.652. The van der Waals surface area contributed by atoms with Gasteiger partial charge in [-0.15, -0.1) is 24.0 Å². The smallest absolute Gasteiger partial charge is 0.225 e. The van der Waals surface area contributed by atoms with E-state index in [1.165, 1.54) is 17.5 Å². The minimum Gasteiger partial charge on any atom is -0.357 e. The van der Waals surface area contributed by atoms with Crippen molar-refractivity contribution < 1.29 is 4.79 Å². The lowest BCUT2D eigenvalue weighted by molar-refractivity contribution is -0.139. The zero-order valence-electron chi connectivity index (χ0n) is 18.8. The zero-order chi connectivity index (χ0) is 20.6. The fourth-order valence-electron chi connectivity index (χ4n) is 3.91. The van der Waals surface area contributed by atoms with Crippen LogP contribution in [0.3, 0.4) is 0 Å². The zero-order valence-corrected chi connectivity index (χ0v) is 21.1. The molecule has 1 saturated carbocycles. The van der Waals surface area contributed by atoms with Gasteiger partial charge in [-0.2, -0.15) is 0 Å². The van der Waals surface area contributed by atoms with Gasteiger partial charge in [0.1, 0.15) is 0 Å². The molecular formula is C23H38IN5O. The molecule has 0 bridgehead atoms. The van der Waals surface area contributed by atoms with Crippen LogP contribution < -0.4 is 5.32 Å². The normalized spacial score (nSPS) is 17.8. The van der Waals surface area contributed by atoms with Crippen LogP contribution in [-0.4, -0.2) is 79.4 Å². The maximum atomic E-state index is 12.4. The summed E-state index contributed by atoms with van der Waals surface area (Å²) in [7, 11) is 2.09. The van der Waals surface area contributed by atoms with Crippen molar-refractivity contribution in [1.82, 2.24) is 20.0 Å². The van der Waals surface area contributed by atoms with E-state index in [1.54, 1.807) is 0 Å². The van der Waals surface area contributed by atoms with Crippen molar-refractivity contribution in [3.63, 3.8) is 0 Å². The van der Waals surface area contributed by atoms with Gasteiger partial charge in [0, 0.05) is 58.8 Å². The van der Waals surface area contributed by atoms with E-state index < -0.39 is 0 Å². The Hall–Kier alpha value is -1.35. The van der Waals surface area contributed by atoms with Crippen molar-refractivity contribution in [2.24, 2.45) is 10.9 Å². The Labute approximate surface area is 199 Å². The van der Waals surface area contributed by atoms with Crippen molar-refractivity contribution in [1.29, 1.82) is 0 Å². The molecule has 1 aromatic carbocycles. The van der Waals surface area contributed by atoms with E-state index in [-0.39, 0.29) is 24.0 Å². The number of carbonyl (C=O) groups excluding carboxylic acids is 1. The first kappa shape index (κ1) is 24.9. The predicted molar refractivity (Wildman–Crippen MR) is 134 cm³/mol. The summed E-state index contributed by atoms with van der Waals surface area (Å²) in [6, 6.07) is 8.67. The molecule has 0 atom stereocenters. The van der Waals surface area contributed by atoms with Gasteiger partial charge < -0.3 is 15.1 Å². The first-order valence-electron chi connectivity index (χ1n) is 11.1. The van der Waals surface area contributed by atoms with Crippen molar-refractivity contribution in [3.8, 4) is 0 Å². The molecule has 3 rings (SSSR count). The average Bonchev–Trinajstić information content (AvgIpc) is 2.68. The highest BCUT2D eigenvalue weighted by Crippen LogP contribution is 2.28. The maximum absolute atomic E-state index is 12.4. The summed E-state index contributed by atoms with van der Waals surface area (Å²) in [6.07, 6.45) is 3.41. The monoisotopic (exact) mass is 527 g/mol. The van der Waals surface area contributed by atoms with Gasteiger partial charge in [0.05, 0.1) is 6.54 Å². The lowest BCUT2D eigenvalue weighted by Gasteiger charge is -2.38. The summed E-state index contributed by atoms with van der Waals surface area (Å²) < 4.78 is 0. The molecule has 0 unspecified atom stereocenters. The first-order chi connectivity index (χ1) is 14.1. The Balaban J connectivity index is 0.00000320. The number of guanidine groups is 1. The van der Waals surface area contributed by atoms with E-state index in [1.807, 2.05) is 0 Å². The van der Waals surface area contributed by atoms with Crippen LogP contribution in [0.2, 0.25) is 0 Å². The van der Waals surface area contributed by atoms with Crippen LogP contribution >= 0.6 is 24.0 Å². The number of carbonyl (C=O) groups is 1. The van der Waals surface area contributed by atoms with Crippen LogP contribution in [0.5, 0.6) is 0 Å². The van der Waals surface area contributed by atoms with Gasteiger partial charge in [0.15, 0.2) is 5.96 Å². The summed E-state index contributed by atoms with van der Waals surface area (Å²) in [5.41, 5.74) is 2.57. The second kappa shape index (κ2) is 12.5. The number of amides is 1. The molecule has 1 aromatic rings. The number of rotatable bonds is 7. The Morgan fingerprint density at radius 3 is 2.40 bits per heavy atom. The topological polar surface area (TPSA) is 51.2 Å². The molecule has 2 fully saturated rings. The Morgan fingerprint density at radius 1 is 1.17 bits per heavy atom. The number of benzene rings is 1. The number of aryl methyl sites for hydroxylation is 1. The molecule has 168 valence electrons. The molecule has 0 aromatic heterocycles. The molecule has 1 heterocycles. The van der Waals surface area contributed by atoms with Crippen LogP contribution in [0.4, 0.5) is 0 Å². The van der Waals surface area contributed by atoms with E-state index in [0.717, 1.165) is 71.2 Å². The van der Waals surface area contributed by atoms with Crippen molar-refractivity contribution in [3.05, 3.63) is 35.4 Å². The number of nitrogens with zero attached hydrogens (tertiary/aromatic N) is 4. The molecule has 6 nitrogen and oxygen atoms in total. The molecule has 2 aliphatic rings. The molecule has 1 N–H and O–H groups in total. The summed E-state index contributed by atoms with van der Waals surface area (Å²) in [6.45, 7) is 11.3. The van der Waals surface area contributed by atoms with Gasteiger partial charge in [-0.25, -0.2) is 0 Å². The van der Waals surface area contributed by atoms with E-state index in [4.69, 9.17) is 4.99 Å². The molecule has 1 aliphatic heterocycles. The highest BCUT2D eigenvalue weighted by molar-refractivity contribution is 14.0. The highest BCUT2D eigenvalue weighted by Gasteiger charge is 2.30. The van der Waals surface area contributed by atoms with E-state index in [0.29, 0.717) is 11.8 Å². The van der Waals surface area contributed by atoms with E-state index >= 15 is 0 Å². The van der Waals surface area contributed by atoms with Gasteiger partial charge in [-0.3, -0.25) is 14.7 Å². The minimum atomic E-state index is 0. The number of halogens is 1. The summed E-state index contributed by atoms with van der Waals surface area (Å²) >= 11 is 0. The lowest BCUT2D eigenvalue weighted by Crippen LogP contribution is -2.51. The van der Waals surface area contributed by atoms with Gasteiger partial charge in [0.2, 0.25) is 5.91 Å². The third-order valence-electron chi connectivity index (χ3n) is 6.05. The first-order valence-corrected chi connectivity index (χ1v) is 11.1. The molecule has 0 radical (unpaired) electrons. The van der Waals surface area contributed by atoms with Crippen molar-refractivity contribution in [2.75, 3.05) is 52.9 Å². The number of aliphatic imine (C=N–C) groups is 1. The highest BCUT2D eigenvalue weighted by atomic mass is 127. The molecule has 7 heteroatoms. The predicted octanol–water partition coefficient (Wildman–Crippen LogP) is 2.95. The Bertz CT molecular complexity index is 681. The molecule has 0 spiro atoms. The van der Waals surface area contributed by atoms with Crippen molar-refractivity contribution in [2.45, 2.75) is 39.7 Å². The van der Waals surface area contributed by atoms with Crippen molar-refractivity contribution >= 4 is 35.8 Å². The number of hydrogen-bond donors (Lipinski definition) is 1. The molecule has 30 heavy (non-hydrogen) atoms.